The predicted molar refractivity (Wildman–Crippen MR) is 62.1 cm³/mol. The van der Waals surface area contributed by atoms with Gasteiger partial charge in [0.2, 0.25) is 0 Å². The summed E-state index contributed by atoms with van der Waals surface area (Å²) in [6.07, 6.45) is -0.0254. The van der Waals surface area contributed by atoms with Crippen molar-refractivity contribution in [3.05, 3.63) is 33.3 Å². The topological polar surface area (TPSA) is 64.4 Å². The van der Waals surface area contributed by atoms with E-state index in [2.05, 4.69) is 5.32 Å². The lowest BCUT2D eigenvalue weighted by atomic mass is 10.3. The largest absolute Gasteiger partial charge is 0.489 e. The summed E-state index contributed by atoms with van der Waals surface area (Å²) in [5.41, 5.74) is -0.115. The highest BCUT2D eigenvalue weighted by Gasteiger charge is 2.13. The third-order valence-electron chi connectivity index (χ3n) is 1.94. The van der Waals surface area contributed by atoms with Gasteiger partial charge in [-0.05, 0) is 20.0 Å². The van der Waals surface area contributed by atoms with Crippen LogP contribution in [0, 0.1) is 10.1 Å². The van der Waals surface area contributed by atoms with Gasteiger partial charge in [0.15, 0.2) is 0 Å². The zero-order valence-electron chi connectivity index (χ0n) is 9.07. The molecule has 16 heavy (non-hydrogen) atoms. The van der Waals surface area contributed by atoms with Crippen LogP contribution < -0.4 is 10.1 Å². The third-order valence-corrected chi connectivity index (χ3v) is 2.25. The molecule has 0 aliphatic heterocycles. The molecule has 5 nitrogen and oxygen atoms in total. The fourth-order valence-electron chi connectivity index (χ4n) is 1.27. The first kappa shape index (κ1) is 12.7. The molecule has 0 spiro atoms. The first-order chi connectivity index (χ1) is 7.54. The Morgan fingerprint density at radius 2 is 2.31 bits per heavy atom. The molecule has 6 heteroatoms. The Morgan fingerprint density at radius 3 is 2.81 bits per heavy atom. The van der Waals surface area contributed by atoms with Crippen LogP contribution in [0.5, 0.6) is 5.75 Å². The van der Waals surface area contributed by atoms with E-state index in [1.807, 2.05) is 14.0 Å². The second kappa shape index (κ2) is 5.67. The van der Waals surface area contributed by atoms with Gasteiger partial charge in [-0.25, -0.2) is 0 Å². The van der Waals surface area contributed by atoms with Crippen LogP contribution in [-0.2, 0) is 0 Å². The molecule has 0 bridgehead atoms. The van der Waals surface area contributed by atoms with Gasteiger partial charge >= 0.3 is 0 Å². The molecule has 88 valence electrons. The molecule has 1 atom stereocenters. The fraction of sp³-hybridized carbons (Fsp3) is 0.400. The summed E-state index contributed by atoms with van der Waals surface area (Å²) in [6.45, 7) is 2.58. The SMILES string of the molecule is CNCC(C)Oc1ccc([N+](=O)[O-])c(Cl)c1. The number of hydrogen-bond donors (Lipinski definition) is 1. The van der Waals surface area contributed by atoms with Crippen molar-refractivity contribution in [3.63, 3.8) is 0 Å². The summed E-state index contributed by atoms with van der Waals surface area (Å²) in [5, 5.41) is 13.6. The van der Waals surface area contributed by atoms with E-state index in [1.165, 1.54) is 18.2 Å². The van der Waals surface area contributed by atoms with Crippen LogP contribution in [0.2, 0.25) is 5.02 Å². The van der Waals surface area contributed by atoms with Crippen molar-refractivity contribution in [1.29, 1.82) is 0 Å². The Balaban J connectivity index is 2.77. The summed E-state index contributed by atoms with van der Waals surface area (Å²) in [5.74, 6) is 0.526. The summed E-state index contributed by atoms with van der Waals surface area (Å²) in [7, 11) is 1.82. The second-order valence-electron chi connectivity index (χ2n) is 3.36. The molecule has 0 saturated heterocycles. The standard InChI is InChI=1S/C10H13ClN2O3/c1-7(6-12-2)16-8-3-4-10(13(14)15)9(11)5-8/h3-5,7,12H,6H2,1-2H3. The molecule has 0 amide bonds. The monoisotopic (exact) mass is 244 g/mol. The summed E-state index contributed by atoms with van der Waals surface area (Å²) < 4.78 is 5.50. The molecule has 1 unspecified atom stereocenters. The highest BCUT2D eigenvalue weighted by Crippen LogP contribution is 2.28. The van der Waals surface area contributed by atoms with Gasteiger partial charge in [-0.3, -0.25) is 10.1 Å². The van der Waals surface area contributed by atoms with E-state index in [0.717, 1.165) is 0 Å². The average molecular weight is 245 g/mol. The minimum atomic E-state index is -0.525. The number of benzene rings is 1. The van der Waals surface area contributed by atoms with Crippen molar-refractivity contribution in [2.24, 2.45) is 0 Å². The van der Waals surface area contributed by atoms with Crippen molar-refractivity contribution >= 4 is 17.3 Å². The zero-order valence-corrected chi connectivity index (χ0v) is 9.82. The van der Waals surface area contributed by atoms with Crippen LogP contribution in [0.3, 0.4) is 0 Å². The number of hydrogen-bond acceptors (Lipinski definition) is 4. The summed E-state index contributed by atoms with van der Waals surface area (Å²) in [4.78, 5) is 10.0. The van der Waals surface area contributed by atoms with E-state index in [0.29, 0.717) is 12.3 Å². The van der Waals surface area contributed by atoms with Crippen LogP contribution in [0.1, 0.15) is 6.92 Å². The lowest BCUT2D eigenvalue weighted by molar-refractivity contribution is -0.384. The number of rotatable bonds is 5. The minimum Gasteiger partial charge on any atom is -0.489 e. The normalized spacial score (nSPS) is 12.2. The van der Waals surface area contributed by atoms with Crippen molar-refractivity contribution in [2.75, 3.05) is 13.6 Å². The predicted octanol–water partition coefficient (Wildman–Crippen LogP) is 2.23. The highest BCUT2D eigenvalue weighted by atomic mass is 35.5. The minimum absolute atomic E-state index is 0.0254. The quantitative estimate of drug-likeness (QED) is 0.637. The van der Waals surface area contributed by atoms with Crippen LogP contribution in [0.15, 0.2) is 18.2 Å². The Bertz CT molecular complexity index is 384. The van der Waals surface area contributed by atoms with Gasteiger partial charge in [-0.2, -0.15) is 0 Å². The molecular formula is C10H13ClN2O3. The number of nitro benzene ring substituents is 1. The van der Waals surface area contributed by atoms with E-state index >= 15 is 0 Å². The molecule has 0 saturated carbocycles. The molecule has 1 N–H and O–H groups in total. The van der Waals surface area contributed by atoms with Crippen LogP contribution in [0.25, 0.3) is 0 Å². The number of nitro groups is 1. The van der Waals surface area contributed by atoms with Gasteiger partial charge in [0, 0.05) is 18.7 Å². The van der Waals surface area contributed by atoms with Crippen molar-refractivity contribution in [3.8, 4) is 5.75 Å². The van der Waals surface area contributed by atoms with Crippen molar-refractivity contribution in [1.82, 2.24) is 5.32 Å². The average Bonchev–Trinajstić information content (AvgIpc) is 2.17. The number of halogens is 1. The molecule has 0 fully saturated rings. The molecule has 1 rings (SSSR count). The molecule has 0 aliphatic carbocycles. The summed E-state index contributed by atoms with van der Waals surface area (Å²) >= 11 is 5.75. The number of nitrogens with zero attached hydrogens (tertiary/aromatic N) is 1. The first-order valence-corrected chi connectivity index (χ1v) is 5.17. The fourth-order valence-corrected chi connectivity index (χ4v) is 1.51. The Hall–Kier alpha value is -1.33. The van der Waals surface area contributed by atoms with E-state index in [4.69, 9.17) is 16.3 Å². The van der Waals surface area contributed by atoms with Crippen LogP contribution in [0.4, 0.5) is 5.69 Å². The number of ether oxygens (including phenoxy) is 1. The molecular weight excluding hydrogens is 232 g/mol. The smallest absolute Gasteiger partial charge is 0.288 e. The van der Waals surface area contributed by atoms with Crippen molar-refractivity contribution < 1.29 is 9.66 Å². The van der Waals surface area contributed by atoms with Crippen molar-refractivity contribution in [2.45, 2.75) is 13.0 Å². The van der Waals surface area contributed by atoms with Gasteiger partial charge in [0.25, 0.3) is 5.69 Å². The molecule has 1 aromatic carbocycles. The van der Waals surface area contributed by atoms with Gasteiger partial charge in [0.05, 0.1) is 4.92 Å². The second-order valence-corrected chi connectivity index (χ2v) is 3.76. The third kappa shape index (κ3) is 3.36. The Labute approximate surface area is 98.5 Å². The molecule has 0 heterocycles. The van der Waals surface area contributed by atoms with E-state index < -0.39 is 4.92 Å². The molecule has 0 radical (unpaired) electrons. The Morgan fingerprint density at radius 1 is 1.62 bits per heavy atom. The van der Waals surface area contributed by atoms with Gasteiger partial charge in [-0.1, -0.05) is 11.6 Å². The number of nitrogens with one attached hydrogen (secondary N) is 1. The molecule has 0 aromatic heterocycles. The van der Waals surface area contributed by atoms with E-state index in [1.54, 1.807) is 0 Å². The van der Waals surface area contributed by atoms with Crippen LogP contribution in [-0.4, -0.2) is 24.6 Å². The van der Waals surface area contributed by atoms with E-state index in [-0.39, 0.29) is 16.8 Å². The lowest BCUT2D eigenvalue weighted by Crippen LogP contribution is -2.25. The maximum Gasteiger partial charge on any atom is 0.288 e. The molecule has 1 aromatic rings. The van der Waals surface area contributed by atoms with Gasteiger partial charge in [-0.15, -0.1) is 0 Å². The van der Waals surface area contributed by atoms with E-state index in [9.17, 15) is 10.1 Å². The number of likely N-dealkylation sites (N-methyl/N-ethyl adjacent to an activating group) is 1. The van der Waals surface area contributed by atoms with Gasteiger partial charge < -0.3 is 10.1 Å². The lowest BCUT2D eigenvalue weighted by Gasteiger charge is -2.14. The zero-order chi connectivity index (χ0) is 12.1. The Kier molecular flexibility index (Phi) is 4.52. The summed E-state index contributed by atoms with van der Waals surface area (Å²) in [6, 6.07) is 4.33. The first-order valence-electron chi connectivity index (χ1n) is 4.79. The van der Waals surface area contributed by atoms with Crippen LogP contribution >= 0.6 is 11.6 Å². The van der Waals surface area contributed by atoms with Gasteiger partial charge in [0.1, 0.15) is 16.9 Å². The molecule has 0 aliphatic rings. The maximum absolute atomic E-state index is 10.5. The highest BCUT2D eigenvalue weighted by molar-refractivity contribution is 6.32. The maximum atomic E-state index is 10.5.